The Balaban J connectivity index is 1.22. The molecule has 8 rings (SSSR count). The van der Waals surface area contributed by atoms with E-state index < -0.39 is 77.7 Å². The molecule has 0 radical (unpaired) electrons. The number of para-hydroxylation sites is 1. The molecule has 0 spiro atoms. The van der Waals surface area contributed by atoms with Gasteiger partial charge >= 0.3 is 0 Å². The Hall–Kier alpha value is -7.73. The predicted molar refractivity (Wildman–Crippen MR) is 254 cm³/mol. The van der Waals surface area contributed by atoms with Crippen molar-refractivity contribution in [2.75, 3.05) is 13.1 Å². The standard InChI is InChI=1S/C50H57N11O7/c51-34-25-43-49(68)60-27-32-12-5-4-11-31(32)24-42(60)47(66)59-40(22-30-16-18-35(62)19-17-30)45(64)57-39(21-29-9-2-1-3-10-29)44(63)58-41(23-33-26-55-37-14-7-6-13-36(33)37)46(65)56-38(48(67)61(43)28-34)15-8-20-54-50(52)53/h1-7,9-14,16-19,26,34,38-43,55,62H,8,15,20-25,27-28,51H2,(H,56,65)(H,57,64)(H,58,63)(H,59,66)(H4,52,53,54)/t34-,38-,39+,40-,41-,42-,43+/m0/s1. The first-order chi connectivity index (χ1) is 32.8. The van der Waals surface area contributed by atoms with Gasteiger partial charge in [0.15, 0.2) is 5.96 Å². The molecule has 2 saturated heterocycles. The highest BCUT2D eigenvalue weighted by Gasteiger charge is 2.46. The maximum absolute atomic E-state index is 15.1. The maximum Gasteiger partial charge on any atom is 0.246 e. The summed E-state index contributed by atoms with van der Waals surface area (Å²) in [5.74, 6) is -3.94. The first kappa shape index (κ1) is 46.8. The Morgan fingerprint density at radius 3 is 1.91 bits per heavy atom. The van der Waals surface area contributed by atoms with Gasteiger partial charge in [-0.05, 0) is 65.3 Å². The van der Waals surface area contributed by atoms with Crippen molar-refractivity contribution >= 4 is 52.3 Å². The first-order valence-electron chi connectivity index (χ1n) is 22.9. The molecule has 18 nitrogen and oxygen atoms in total. The van der Waals surface area contributed by atoms with Gasteiger partial charge in [-0.3, -0.25) is 33.8 Å². The van der Waals surface area contributed by atoms with Crippen molar-refractivity contribution in [3.63, 3.8) is 0 Å². The van der Waals surface area contributed by atoms with Gasteiger partial charge < -0.3 is 58.4 Å². The van der Waals surface area contributed by atoms with Crippen LogP contribution < -0.4 is 38.5 Å². The molecule has 7 atom stereocenters. The van der Waals surface area contributed by atoms with E-state index in [4.69, 9.17) is 17.2 Å². The Kier molecular flexibility index (Phi) is 14.3. The number of fused-ring (bicyclic) bond motifs is 4. The topological polar surface area (TPSA) is 283 Å². The van der Waals surface area contributed by atoms with E-state index >= 15 is 4.79 Å². The fourth-order valence-corrected chi connectivity index (χ4v) is 9.44. The number of hydrogen-bond acceptors (Lipinski definition) is 9. The molecule has 4 heterocycles. The number of H-pyrrole nitrogens is 1. The monoisotopic (exact) mass is 923 g/mol. The minimum atomic E-state index is -1.29. The van der Waals surface area contributed by atoms with Crippen LogP contribution in [0.5, 0.6) is 5.75 Å². The van der Waals surface area contributed by atoms with Crippen LogP contribution in [0.2, 0.25) is 0 Å². The third-order valence-corrected chi connectivity index (χ3v) is 13.0. The van der Waals surface area contributed by atoms with Crippen LogP contribution in [0.25, 0.3) is 10.9 Å². The summed E-state index contributed by atoms with van der Waals surface area (Å²) < 4.78 is 0. The molecular weight excluding hydrogens is 867 g/mol. The molecule has 3 aliphatic rings. The van der Waals surface area contributed by atoms with Crippen LogP contribution in [0.1, 0.15) is 47.1 Å². The summed E-state index contributed by atoms with van der Waals surface area (Å²) in [6.45, 7) is 0.156. The number of guanidine groups is 1. The van der Waals surface area contributed by atoms with Crippen LogP contribution >= 0.6 is 0 Å². The van der Waals surface area contributed by atoms with E-state index in [1.54, 1.807) is 42.6 Å². The van der Waals surface area contributed by atoms with Gasteiger partial charge in [-0.2, -0.15) is 0 Å². The van der Waals surface area contributed by atoms with Gasteiger partial charge in [0.05, 0.1) is 0 Å². The van der Waals surface area contributed by atoms with E-state index in [1.165, 1.54) is 21.9 Å². The van der Waals surface area contributed by atoms with Crippen LogP contribution in [0, 0.1) is 0 Å². The number of carbonyl (C=O) groups is 6. The summed E-state index contributed by atoms with van der Waals surface area (Å²) >= 11 is 0. The molecule has 18 heteroatoms. The number of amides is 6. The number of benzene rings is 4. The van der Waals surface area contributed by atoms with Crippen molar-refractivity contribution in [3.05, 3.63) is 137 Å². The number of nitrogens with two attached hydrogens (primary N) is 3. The summed E-state index contributed by atoms with van der Waals surface area (Å²) in [7, 11) is 0. The number of carbonyl (C=O) groups excluding carboxylic acids is 6. The van der Waals surface area contributed by atoms with E-state index in [0.717, 1.165) is 22.0 Å². The fourth-order valence-electron chi connectivity index (χ4n) is 9.44. The normalized spacial score (nSPS) is 23.8. The Bertz CT molecular complexity index is 2690. The van der Waals surface area contributed by atoms with Crippen molar-refractivity contribution < 1.29 is 33.9 Å². The zero-order valence-corrected chi connectivity index (χ0v) is 37.5. The Morgan fingerprint density at radius 1 is 0.632 bits per heavy atom. The van der Waals surface area contributed by atoms with Crippen molar-refractivity contribution in [1.82, 2.24) is 36.1 Å². The summed E-state index contributed by atoms with van der Waals surface area (Å²) in [4.78, 5) is 99.4. The molecule has 354 valence electrons. The number of rotatable bonds is 10. The molecule has 2 fully saturated rings. The minimum Gasteiger partial charge on any atom is -0.508 e. The second-order valence-corrected chi connectivity index (χ2v) is 17.8. The van der Waals surface area contributed by atoms with Crippen molar-refractivity contribution in [3.8, 4) is 5.75 Å². The minimum absolute atomic E-state index is 0.00388. The Labute approximate surface area is 393 Å². The van der Waals surface area contributed by atoms with E-state index in [9.17, 15) is 29.1 Å². The van der Waals surface area contributed by atoms with Crippen LogP contribution in [0.3, 0.4) is 0 Å². The van der Waals surface area contributed by atoms with E-state index in [0.29, 0.717) is 16.7 Å². The van der Waals surface area contributed by atoms with E-state index in [-0.39, 0.29) is 76.3 Å². The summed E-state index contributed by atoms with van der Waals surface area (Å²) in [5.41, 5.74) is 22.2. The summed E-state index contributed by atoms with van der Waals surface area (Å²) in [6, 6.07) is 22.2. The highest BCUT2D eigenvalue weighted by Crippen LogP contribution is 2.29. The fraction of sp³-hybridized carbons (Fsp3) is 0.340. The van der Waals surface area contributed by atoms with Crippen molar-refractivity contribution in [2.45, 2.75) is 93.8 Å². The molecule has 12 N–H and O–H groups in total. The van der Waals surface area contributed by atoms with Crippen LogP contribution in [-0.2, 0) is 61.0 Å². The molecule has 0 bridgehead atoms. The van der Waals surface area contributed by atoms with Gasteiger partial charge in [0.2, 0.25) is 35.4 Å². The third kappa shape index (κ3) is 10.9. The van der Waals surface area contributed by atoms with Gasteiger partial charge in [-0.1, -0.05) is 84.9 Å². The van der Waals surface area contributed by atoms with Crippen LogP contribution in [0.4, 0.5) is 0 Å². The highest BCUT2D eigenvalue weighted by molar-refractivity contribution is 5.99. The predicted octanol–water partition coefficient (Wildman–Crippen LogP) is 0.790. The number of aromatic hydroxyl groups is 1. The first-order valence-corrected chi connectivity index (χ1v) is 22.9. The molecule has 0 aliphatic carbocycles. The SMILES string of the molecule is NC(N)=NCCC[C@@H]1NC(=O)[C@H](Cc2c[nH]c3ccccc23)NC(=O)[C@@H](Cc2ccccc2)NC(=O)[C@H](Cc2ccc(O)cc2)NC(=O)[C@@H]2Cc3ccccc3CN2C(=O)[C@H]2C[C@H](N)CN2C1=O. The smallest absolute Gasteiger partial charge is 0.246 e. The van der Waals surface area contributed by atoms with E-state index in [2.05, 4.69) is 31.2 Å². The van der Waals surface area contributed by atoms with Crippen LogP contribution in [-0.4, -0.2) is 117 Å². The van der Waals surface area contributed by atoms with Gasteiger partial charge in [0.25, 0.3) is 0 Å². The number of nitrogens with zero attached hydrogens (tertiary/aromatic N) is 3. The second-order valence-electron chi connectivity index (χ2n) is 17.8. The lowest BCUT2D eigenvalue weighted by molar-refractivity contribution is -0.150. The van der Waals surface area contributed by atoms with Gasteiger partial charge in [-0.15, -0.1) is 0 Å². The zero-order chi connectivity index (χ0) is 47.9. The zero-order valence-electron chi connectivity index (χ0n) is 37.5. The molecule has 4 aromatic carbocycles. The highest BCUT2D eigenvalue weighted by atomic mass is 16.3. The molecule has 5 aromatic rings. The largest absolute Gasteiger partial charge is 0.508 e. The summed E-state index contributed by atoms with van der Waals surface area (Å²) in [6.07, 6.45) is 2.19. The number of phenolic OH excluding ortho intramolecular Hbond substituents is 1. The maximum atomic E-state index is 15.1. The van der Waals surface area contributed by atoms with Crippen molar-refractivity contribution in [2.24, 2.45) is 22.2 Å². The third-order valence-electron chi connectivity index (χ3n) is 13.0. The van der Waals surface area contributed by atoms with Gasteiger partial charge in [-0.25, -0.2) is 0 Å². The lowest BCUT2D eigenvalue weighted by Gasteiger charge is -2.40. The number of hydrogen-bond donors (Lipinski definition) is 9. The Morgan fingerprint density at radius 2 is 1.22 bits per heavy atom. The molecular formula is C50H57N11O7. The lowest BCUT2D eigenvalue weighted by Crippen LogP contribution is -2.63. The molecule has 1 aromatic heterocycles. The van der Waals surface area contributed by atoms with E-state index in [1.807, 2.05) is 54.6 Å². The number of aromatic amines is 1. The number of aliphatic imine (C=N–C) groups is 1. The van der Waals surface area contributed by atoms with Crippen LogP contribution in [0.15, 0.2) is 114 Å². The molecule has 68 heavy (non-hydrogen) atoms. The summed E-state index contributed by atoms with van der Waals surface area (Å²) in [5, 5.41) is 22.5. The van der Waals surface area contributed by atoms with Crippen molar-refractivity contribution in [1.29, 1.82) is 0 Å². The molecule has 6 amide bonds. The van der Waals surface area contributed by atoms with Gasteiger partial charge in [0, 0.05) is 68.5 Å². The lowest BCUT2D eigenvalue weighted by atomic mass is 9.92. The second kappa shape index (κ2) is 20.8. The molecule has 0 saturated carbocycles. The number of nitrogens with one attached hydrogen (secondary N) is 5. The molecule has 3 aliphatic heterocycles. The average Bonchev–Trinajstić information content (AvgIpc) is 3.94. The quantitative estimate of drug-likeness (QED) is 0.0540. The number of phenols is 1. The van der Waals surface area contributed by atoms with Gasteiger partial charge in [0.1, 0.15) is 42.0 Å². The molecule has 0 unspecified atom stereocenters. The average molecular weight is 924 g/mol. The number of aromatic nitrogens is 1.